The number of hydrogen-bond donors (Lipinski definition) is 1. The van der Waals surface area contributed by atoms with E-state index in [9.17, 15) is 4.79 Å². The van der Waals surface area contributed by atoms with E-state index in [0.717, 1.165) is 36.3 Å². The van der Waals surface area contributed by atoms with Crippen LogP contribution < -0.4 is 10.1 Å². The van der Waals surface area contributed by atoms with Crippen LogP contribution in [0, 0.1) is 0 Å². The fourth-order valence-electron chi connectivity index (χ4n) is 3.52. The Morgan fingerprint density at radius 3 is 2.96 bits per heavy atom. The van der Waals surface area contributed by atoms with E-state index in [0.29, 0.717) is 11.7 Å². The van der Waals surface area contributed by atoms with Crippen molar-refractivity contribution in [3.63, 3.8) is 0 Å². The molecule has 0 aliphatic carbocycles. The van der Waals surface area contributed by atoms with Crippen molar-refractivity contribution in [2.75, 3.05) is 26.7 Å². The van der Waals surface area contributed by atoms with Gasteiger partial charge in [0.25, 0.3) is 5.91 Å². The summed E-state index contributed by atoms with van der Waals surface area (Å²) < 4.78 is 7.20. The monoisotopic (exact) mass is 315 g/mol. The molecule has 0 unspecified atom stereocenters. The molecule has 1 atom stereocenters. The molecule has 1 aromatic heterocycles. The quantitative estimate of drug-likeness (QED) is 0.921. The summed E-state index contributed by atoms with van der Waals surface area (Å²) in [5.74, 6) is 0.797. The largest absolute Gasteiger partial charge is 0.497 e. The fourth-order valence-corrected chi connectivity index (χ4v) is 3.52. The number of nitrogens with zero attached hydrogens (tertiary/aromatic N) is 2. The van der Waals surface area contributed by atoms with Gasteiger partial charge in [0.05, 0.1) is 7.11 Å². The Kier molecular flexibility index (Phi) is 4.57. The second-order valence-corrected chi connectivity index (χ2v) is 6.15. The van der Waals surface area contributed by atoms with Crippen LogP contribution in [0.1, 0.15) is 30.3 Å². The summed E-state index contributed by atoms with van der Waals surface area (Å²) in [7, 11) is 3.58. The molecule has 0 radical (unpaired) electrons. The first-order valence-corrected chi connectivity index (χ1v) is 8.29. The van der Waals surface area contributed by atoms with E-state index in [2.05, 4.69) is 17.1 Å². The highest BCUT2D eigenvalue weighted by Crippen LogP contribution is 2.24. The number of aryl methyl sites for hydroxylation is 1. The number of benzene rings is 1. The lowest BCUT2D eigenvalue weighted by Crippen LogP contribution is -2.40. The zero-order chi connectivity index (χ0) is 16.4. The van der Waals surface area contributed by atoms with Gasteiger partial charge in [0, 0.05) is 30.5 Å². The highest BCUT2D eigenvalue weighted by molar-refractivity contribution is 5.99. The average molecular weight is 315 g/mol. The van der Waals surface area contributed by atoms with E-state index in [1.54, 1.807) is 7.11 Å². The minimum atomic E-state index is -0.00869. The van der Waals surface area contributed by atoms with Gasteiger partial charge in [-0.3, -0.25) is 9.69 Å². The molecule has 1 fully saturated rings. The van der Waals surface area contributed by atoms with Gasteiger partial charge in [-0.1, -0.05) is 6.92 Å². The molecule has 1 N–H and O–H groups in total. The van der Waals surface area contributed by atoms with E-state index in [-0.39, 0.29) is 5.91 Å². The first kappa shape index (κ1) is 15.9. The Morgan fingerprint density at radius 1 is 1.39 bits per heavy atom. The molecule has 1 aliphatic rings. The molecule has 5 nitrogen and oxygen atoms in total. The number of methoxy groups -OCH3 is 1. The summed E-state index contributed by atoms with van der Waals surface area (Å²) >= 11 is 0. The van der Waals surface area contributed by atoms with Gasteiger partial charge in [0.2, 0.25) is 0 Å². The number of likely N-dealkylation sites (tertiary alicyclic amines) is 1. The van der Waals surface area contributed by atoms with Crippen LogP contribution in [-0.4, -0.2) is 48.2 Å². The van der Waals surface area contributed by atoms with Gasteiger partial charge in [-0.25, -0.2) is 0 Å². The number of aromatic nitrogens is 1. The molecule has 0 spiro atoms. The predicted octanol–water partition coefficient (Wildman–Crippen LogP) is 2.40. The number of likely N-dealkylation sites (N-methyl/N-ethyl adjacent to an activating group) is 1. The zero-order valence-corrected chi connectivity index (χ0v) is 14.1. The third kappa shape index (κ3) is 3.06. The summed E-state index contributed by atoms with van der Waals surface area (Å²) in [6.45, 7) is 5.09. The molecule has 2 aromatic rings. The Hall–Kier alpha value is -2.01. The van der Waals surface area contributed by atoms with Crippen LogP contribution in [0.5, 0.6) is 5.75 Å². The third-order valence-electron chi connectivity index (χ3n) is 4.89. The summed E-state index contributed by atoms with van der Waals surface area (Å²) in [6.07, 6.45) is 2.39. The van der Waals surface area contributed by atoms with Gasteiger partial charge in [-0.05, 0) is 50.2 Å². The van der Waals surface area contributed by atoms with Crippen molar-refractivity contribution in [1.82, 2.24) is 14.8 Å². The number of carbonyl (C=O) groups is 1. The van der Waals surface area contributed by atoms with Crippen LogP contribution in [0.4, 0.5) is 0 Å². The molecular formula is C18H25N3O2. The smallest absolute Gasteiger partial charge is 0.267 e. The first-order valence-electron chi connectivity index (χ1n) is 8.29. The Labute approximate surface area is 137 Å². The molecule has 3 rings (SSSR count). The van der Waals surface area contributed by atoms with Crippen LogP contribution in [0.15, 0.2) is 24.3 Å². The van der Waals surface area contributed by atoms with Crippen molar-refractivity contribution in [3.05, 3.63) is 30.0 Å². The first-order chi connectivity index (χ1) is 11.1. The molecule has 0 saturated carbocycles. The molecule has 1 saturated heterocycles. The minimum absolute atomic E-state index is 0.00869. The van der Waals surface area contributed by atoms with Gasteiger partial charge in [-0.2, -0.15) is 0 Å². The molecule has 1 aromatic carbocycles. The second-order valence-electron chi connectivity index (χ2n) is 6.15. The number of nitrogens with one attached hydrogen (secondary N) is 1. The van der Waals surface area contributed by atoms with Gasteiger partial charge >= 0.3 is 0 Å². The number of fused-ring (bicyclic) bond motifs is 1. The number of ether oxygens (including phenoxy) is 1. The lowest BCUT2D eigenvalue weighted by Gasteiger charge is -2.22. The lowest BCUT2D eigenvalue weighted by molar-refractivity contribution is 0.0933. The van der Waals surface area contributed by atoms with Gasteiger partial charge in [0.15, 0.2) is 0 Å². The maximum atomic E-state index is 12.6. The molecule has 23 heavy (non-hydrogen) atoms. The summed E-state index contributed by atoms with van der Waals surface area (Å²) in [5, 5.41) is 4.12. The average Bonchev–Trinajstić information content (AvgIpc) is 3.16. The molecule has 5 heteroatoms. The van der Waals surface area contributed by atoms with Crippen molar-refractivity contribution < 1.29 is 9.53 Å². The van der Waals surface area contributed by atoms with Crippen LogP contribution >= 0.6 is 0 Å². The maximum Gasteiger partial charge on any atom is 0.267 e. The summed E-state index contributed by atoms with van der Waals surface area (Å²) in [6, 6.07) is 8.27. The van der Waals surface area contributed by atoms with Gasteiger partial charge in [0.1, 0.15) is 11.4 Å². The van der Waals surface area contributed by atoms with E-state index < -0.39 is 0 Å². The number of amides is 1. The summed E-state index contributed by atoms with van der Waals surface area (Å²) in [4.78, 5) is 15.0. The van der Waals surface area contributed by atoms with Crippen LogP contribution in [-0.2, 0) is 7.05 Å². The third-order valence-corrected chi connectivity index (χ3v) is 4.89. The van der Waals surface area contributed by atoms with Gasteiger partial charge in [-0.15, -0.1) is 0 Å². The van der Waals surface area contributed by atoms with Crippen LogP contribution in [0.2, 0.25) is 0 Å². The van der Waals surface area contributed by atoms with Crippen molar-refractivity contribution in [2.24, 2.45) is 7.05 Å². The van der Waals surface area contributed by atoms with E-state index >= 15 is 0 Å². The van der Waals surface area contributed by atoms with E-state index in [4.69, 9.17) is 4.74 Å². The standard InChI is InChI=1S/C18H25N3O2/c1-4-21-9-5-6-14(21)12-19-18(22)17-11-13-10-15(23-3)7-8-16(13)20(17)2/h7-8,10-11,14H,4-6,9,12H2,1-3H3,(H,19,22)/t14-/m0/s1. The van der Waals surface area contributed by atoms with E-state index in [1.807, 2.05) is 35.9 Å². The normalized spacial score (nSPS) is 18.5. The summed E-state index contributed by atoms with van der Waals surface area (Å²) in [5.41, 5.74) is 1.72. The van der Waals surface area contributed by atoms with Crippen LogP contribution in [0.3, 0.4) is 0 Å². The van der Waals surface area contributed by atoms with Crippen molar-refractivity contribution in [2.45, 2.75) is 25.8 Å². The van der Waals surface area contributed by atoms with Crippen molar-refractivity contribution in [1.29, 1.82) is 0 Å². The molecule has 1 aliphatic heterocycles. The Balaban J connectivity index is 1.74. The number of hydrogen-bond acceptors (Lipinski definition) is 3. The second kappa shape index (κ2) is 6.62. The Morgan fingerprint density at radius 2 is 2.22 bits per heavy atom. The number of carbonyl (C=O) groups excluding carboxylic acids is 1. The van der Waals surface area contributed by atoms with Crippen molar-refractivity contribution >= 4 is 16.8 Å². The molecule has 1 amide bonds. The van der Waals surface area contributed by atoms with Gasteiger partial charge < -0.3 is 14.6 Å². The zero-order valence-electron chi connectivity index (χ0n) is 14.1. The van der Waals surface area contributed by atoms with Crippen LogP contribution in [0.25, 0.3) is 10.9 Å². The topological polar surface area (TPSA) is 46.5 Å². The number of rotatable bonds is 5. The predicted molar refractivity (Wildman–Crippen MR) is 92.1 cm³/mol. The highest BCUT2D eigenvalue weighted by atomic mass is 16.5. The maximum absolute atomic E-state index is 12.6. The lowest BCUT2D eigenvalue weighted by atomic mass is 10.2. The molecule has 2 heterocycles. The Bertz CT molecular complexity index is 708. The molecule has 124 valence electrons. The minimum Gasteiger partial charge on any atom is -0.497 e. The fraction of sp³-hybridized carbons (Fsp3) is 0.500. The highest BCUT2D eigenvalue weighted by Gasteiger charge is 2.24. The molecule has 0 bridgehead atoms. The molecular weight excluding hydrogens is 290 g/mol. The SMILES string of the molecule is CCN1CCC[C@H]1CNC(=O)c1cc2cc(OC)ccc2n1C. The van der Waals surface area contributed by atoms with Crippen molar-refractivity contribution in [3.8, 4) is 5.75 Å². The van der Waals surface area contributed by atoms with E-state index in [1.165, 1.54) is 12.8 Å².